The van der Waals surface area contributed by atoms with Crippen molar-refractivity contribution in [1.82, 2.24) is 4.98 Å². The van der Waals surface area contributed by atoms with E-state index in [1.807, 2.05) is 19.9 Å². The summed E-state index contributed by atoms with van der Waals surface area (Å²) in [6.07, 6.45) is 0.776. The van der Waals surface area contributed by atoms with Gasteiger partial charge in [0.15, 0.2) is 0 Å². The normalized spacial score (nSPS) is 12.4. The highest BCUT2D eigenvalue weighted by Gasteiger charge is 2.25. The molecule has 0 fully saturated rings. The monoisotopic (exact) mass is 507 g/mol. The number of aliphatic hydroxyl groups excluding tert-OH is 1. The number of aromatic nitrogens is 1. The van der Waals surface area contributed by atoms with Gasteiger partial charge in [0.25, 0.3) is 10.0 Å². The van der Waals surface area contributed by atoms with E-state index in [2.05, 4.69) is 4.98 Å². The van der Waals surface area contributed by atoms with Crippen molar-refractivity contribution in [3.8, 4) is 5.75 Å². The molecule has 2 aromatic carbocycles. The van der Waals surface area contributed by atoms with Crippen molar-refractivity contribution in [3.63, 3.8) is 0 Å². The van der Waals surface area contributed by atoms with Gasteiger partial charge in [-0.2, -0.15) is 0 Å². The van der Waals surface area contributed by atoms with E-state index in [4.69, 9.17) is 9.47 Å². The Morgan fingerprint density at radius 1 is 1.20 bits per heavy atom. The molecule has 2 N–H and O–H groups in total. The number of H-pyrrole nitrogens is 1. The number of fused-ring (bicyclic) bond motifs is 1. The van der Waals surface area contributed by atoms with E-state index < -0.39 is 16.0 Å². The van der Waals surface area contributed by atoms with Crippen LogP contribution >= 0.6 is 0 Å². The lowest BCUT2D eigenvalue weighted by Crippen LogP contribution is -2.40. The zero-order valence-corrected chi connectivity index (χ0v) is 20.9. The summed E-state index contributed by atoms with van der Waals surface area (Å²) in [6, 6.07) is 11.2. The first-order valence-electron chi connectivity index (χ1n) is 11.1. The third kappa shape index (κ3) is 5.85. The summed E-state index contributed by atoms with van der Waals surface area (Å²) in [7, 11) is -4.13. The Kier molecular flexibility index (Phi) is 8.23. The average molecular weight is 508 g/mol. The van der Waals surface area contributed by atoms with Crippen molar-refractivity contribution in [1.29, 1.82) is 0 Å². The fourth-order valence-electron chi connectivity index (χ4n) is 3.84. The van der Waals surface area contributed by atoms with E-state index in [0.717, 1.165) is 22.7 Å². The van der Waals surface area contributed by atoms with E-state index in [9.17, 15) is 22.8 Å². The van der Waals surface area contributed by atoms with Crippen LogP contribution in [-0.2, 0) is 14.8 Å². The number of nitrogens with zero attached hydrogens (tertiary/aromatic N) is 2. The predicted molar refractivity (Wildman–Crippen MR) is 133 cm³/mol. The van der Waals surface area contributed by atoms with Gasteiger partial charge < -0.3 is 24.5 Å². The number of aliphatic hydroxyl groups is 1. The van der Waals surface area contributed by atoms with Gasteiger partial charge in [-0.1, -0.05) is 16.6 Å². The molecular formula is C24H30FN3O6S. The topological polar surface area (TPSA) is 112 Å². The second-order valence-electron chi connectivity index (χ2n) is 8.10. The minimum atomic E-state index is -4.13. The maximum Gasteiger partial charge on any atom is 0.355 e. The SMILES string of the molecule is CCOC(=O)c1[nH]c2cc(OCC(C)N(CCO)c3ccccc3N(F)S(C)(=O)=O)ccc2c1C. The number of rotatable bonds is 11. The molecular weight excluding hydrogens is 477 g/mol. The molecule has 0 radical (unpaired) electrons. The van der Waals surface area contributed by atoms with E-state index in [1.54, 1.807) is 36.1 Å². The first-order valence-corrected chi connectivity index (χ1v) is 13.0. The number of carbonyl (C=O) groups excluding carboxylic acids is 1. The maximum atomic E-state index is 14.6. The van der Waals surface area contributed by atoms with Gasteiger partial charge in [0, 0.05) is 18.0 Å². The van der Waals surface area contributed by atoms with E-state index in [-0.39, 0.29) is 42.6 Å². The molecule has 1 unspecified atom stereocenters. The highest BCUT2D eigenvalue weighted by molar-refractivity contribution is 7.91. The largest absolute Gasteiger partial charge is 0.491 e. The fraction of sp³-hybridized carbons (Fsp3) is 0.375. The Labute approximate surface area is 204 Å². The first-order chi connectivity index (χ1) is 16.6. The lowest BCUT2D eigenvalue weighted by atomic mass is 10.1. The molecule has 11 heteroatoms. The number of para-hydroxylation sites is 2. The zero-order chi connectivity index (χ0) is 25.8. The van der Waals surface area contributed by atoms with E-state index >= 15 is 0 Å². The molecule has 3 rings (SSSR count). The number of halogens is 1. The number of ether oxygens (including phenoxy) is 2. The molecule has 0 bridgehead atoms. The summed E-state index contributed by atoms with van der Waals surface area (Å²) in [5.41, 5.74) is 2.05. The van der Waals surface area contributed by atoms with Crippen LogP contribution in [0.3, 0.4) is 0 Å². The van der Waals surface area contributed by atoms with Crippen LogP contribution in [0, 0.1) is 6.92 Å². The van der Waals surface area contributed by atoms with Crippen LogP contribution in [0.25, 0.3) is 10.9 Å². The summed E-state index contributed by atoms with van der Waals surface area (Å²) < 4.78 is 48.9. The predicted octanol–water partition coefficient (Wildman–Crippen LogP) is 3.57. The Morgan fingerprint density at radius 2 is 1.89 bits per heavy atom. The Balaban J connectivity index is 1.82. The Hall–Kier alpha value is -3.31. The lowest BCUT2D eigenvalue weighted by Gasteiger charge is -2.32. The van der Waals surface area contributed by atoms with Gasteiger partial charge in [0.1, 0.15) is 23.7 Å². The Morgan fingerprint density at radius 3 is 2.51 bits per heavy atom. The molecule has 0 saturated heterocycles. The van der Waals surface area contributed by atoms with Gasteiger partial charge in [0.2, 0.25) is 0 Å². The van der Waals surface area contributed by atoms with Crippen molar-refractivity contribution in [3.05, 3.63) is 53.7 Å². The highest BCUT2D eigenvalue weighted by Crippen LogP contribution is 2.33. The number of hydrogen-bond acceptors (Lipinski definition) is 7. The number of sulfonamides is 1. The van der Waals surface area contributed by atoms with Crippen molar-refractivity contribution in [2.45, 2.75) is 26.8 Å². The minimum Gasteiger partial charge on any atom is -0.491 e. The van der Waals surface area contributed by atoms with Crippen molar-refractivity contribution in [2.24, 2.45) is 0 Å². The quantitative estimate of drug-likeness (QED) is 0.301. The molecule has 1 atom stereocenters. The molecule has 0 spiro atoms. The third-order valence-corrected chi connectivity index (χ3v) is 6.32. The van der Waals surface area contributed by atoms with Crippen molar-refractivity contribution < 1.29 is 32.3 Å². The van der Waals surface area contributed by atoms with Crippen LogP contribution in [-0.4, -0.2) is 63.1 Å². The van der Waals surface area contributed by atoms with Gasteiger partial charge in [0.05, 0.1) is 36.7 Å². The standard InChI is InChI=1S/C24H30FN3O6S/c1-5-33-24(30)23-17(3)19-11-10-18(14-20(19)26-23)34-15-16(2)27(12-13-29)21-8-6-7-9-22(21)28(25)35(4,31)32/h6-11,14,16,26,29H,5,12-13,15H2,1-4H3. The van der Waals surface area contributed by atoms with Crippen molar-refractivity contribution >= 4 is 38.3 Å². The second-order valence-corrected chi connectivity index (χ2v) is 9.88. The number of nitrogens with one attached hydrogen (secondary N) is 1. The number of benzene rings is 2. The molecule has 0 aliphatic carbocycles. The number of esters is 1. The molecule has 0 saturated carbocycles. The van der Waals surface area contributed by atoms with E-state index in [0.29, 0.717) is 17.1 Å². The summed E-state index contributed by atoms with van der Waals surface area (Å²) in [4.78, 5) is 16.9. The molecule has 190 valence electrons. The molecule has 0 amide bonds. The number of carbonyl (C=O) groups is 1. The van der Waals surface area contributed by atoms with Crippen LogP contribution in [0.4, 0.5) is 15.9 Å². The van der Waals surface area contributed by atoms with Gasteiger partial charge in [-0.25, -0.2) is 13.2 Å². The average Bonchev–Trinajstić information content (AvgIpc) is 3.16. The van der Waals surface area contributed by atoms with Crippen LogP contribution in [0.2, 0.25) is 0 Å². The summed E-state index contributed by atoms with van der Waals surface area (Å²) in [6.45, 7) is 5.75. The van der Waals surface area contributed by atoms with Crippen LogP contribution in [0.1, 0.15) is 29.9 Å². The lowest BCUT2D eigenvalue weighted by molar-refractivity contribution is 0.0519. The molecule has 35 heavy (non-hydrogen) atoms. The number of aryl methyl sites for hydroxylation is 1. The van der Waals surface area contributed by atoms with Gasteiger partial charge in [-0.05, 0) is 50.6 Å². The zero-order valence-electron chi connectivity index (χ0n) is 20.1. The van der Waals surface area contributed by atoms with Gasteiger partial charge in [-0.15, -0.1) is 4.53 Å². The molecule has 1 aromatic heterocycles. The summed E-state index contributed by atoms with van der Waals surface area (Å²) >= 11 is 0. The van der Waals surface area contributed by atoms with Gasteiger partial charge >= 0.3 is 5.97 Å². The fourth-order valence-corrected chi connectivity index (χ4v) is 4.35. The molecule has 0 aliphatic heterocycles. The van der Waals surface area contributed by atoms with Gasteiger partial charge in [-0.3, -0.25) is 0 Å². The van der Waals surface area contributed by atoms with Crippen LogP contribution in [0.15, 0.2) is 42.5 Å². The molecule has 9 nitrogen and oxygen atoms in total. The third-order valence-electron chi connectivity index (χ3n) is 5.55. The Bertz CT molecular complexity index is 1290. The van der Waals surface area contributed by atoms with Crippen LogP contribution < -0.4 is 14.2 Å². The smallest absolute Gasteiger partial charge is 0.355 e. The second kappa shape index (κ2) is 11.0. The summed E-state index contributed by atoms with van der Waals surface area (Å²) in [5.74, 6) is 0.119. The maximum absolute atomic E-state index is 14.6. The van der Waals surface area contributed by atoms with Crippen LogP contribution in [0.5, 0.6) is 5.75 Å². The molecule has 3 aromatic rings. The minimum absolute atomic E-state index is 0.136. The molecule has 0 aliphatic rings. The first kappa shape index (κ1) is 26.3. The highest BCUT2D eigenvalue weighted by atomic mass is 32.2. The van der Waals surface area contributed by atoms with E-state index in [1.165, 1.54) is 12.1 Å². The van der Waals surface area contributed by atoms with Crippen molar-refractivity contribution in [2.75, 3.05) is 42.0 Å². The number of anilines is 2. The number of aromatic amines is 1. The summed E-state index contributed by atoms with van der Waals surface area (Å²) in [5, 5.41) is 10.5. The number of hydrogen-bond donors (Lipinski definition) is 2. The molecule has 1 heterocycles.